The third kappa shape index (κ3) is 6.81. The number of nitrogens with one attached hydrogen (secondary N) is 2. The first kappa shape index (κ1) is 24.3. The quantitative estimate of drug-likeness (QED) is 0.562. The summed E-state index contributed by atoms with van der Waals surface area (Å²) in [6.45, 7) is 6.61. The van der Waals surface area contributed by atoms with Gasteiger partial charge in [-0.15, -0.1) is 0 Å². The first-order valence-corrected chi connectivity index (χ1v) is 12.8. The maximum Gasteiger partial charge on any atom is 0.257 e. The highest BCUT2D eigenvalue weighted by atomic mass is 32.2. The molecule has 1 amide bonds. The van der Waals surface area contributed by atoms with Gasteiger partial charge in [0.1, 0.15) is 5.75 Å². The molecule has 32 heavy (non-hydrogen) atoms. The third-order valence-corrected chi connectivity index (χ3v) is 7.33. The van der Waals surface area contributed by atoms with E-state index < -0.39 is 10.0 Å². The Morgan fingerprint density at radius 1 is 1.09 bits per heavy atom. The number of aryl methyl sites for hydroxylation is 1. The molecule has 0 aromatic heterocycles. The SMILES string of the molecule is Cc1ccc(C(C)C)c(OCC(=O)NCCc2ccc(S(=O)(=O)NC3CCCC3)cc2)c1. The molecule has 1 saturated carbocycles. The van der Waals surface area contributed by atoms with Crippen LogP contribution < -0.4 is 14.8 Å². The van der Waals surface area contributed by atoms with Gasteiger partial charge in [-0.05, 0) is 67.0 Å². The predicted octanol–water partition coefficient (Wildman–Crippen LogP) is 4.08. The minimum absolute atomic E-state index is 0.0345. The van der Waals surface area contributed by atoms with Crippen molar-refractivity contribution >= 4 is 15.9 Å². The van der Waals surface area contributed by atoms with Gasteiger partial charge >= 0.3 is 0 Å². The molecule has 3 rings (SSSR count). The van der Waals surface area contributed by atoms with Crippen LogP contribution in [-0.4, -0.2) is 33.5 Å². The van der Waals surface area contributed by atoms with Gasteiger partial charge in [-0.1, -0.05) is 51.0 Å². The summed E-state index contributed by atoms with van der Waals surface area (Å²) in [5.41, 5.74) is 3.14. The number of ether oxygens (including phenoxy) is 1. The van der Waals surface area contributed by atoms with Crippen LogP contribution in [0.3, 0.4) is 0 Å². The fourth-order valence-corrected chi connectivity index (χ4v) is 5.26. The monoisotopic (exact) mass is 458 g/mol. The number of carbonyl (C=O) groups is 1. The van der Waals surface area contributed by atoms with E-state index in [0.29, 0.717) is 18.9 Å². The summed E-state index contributed by atoms with van der Waals surface area (Å²) in [4.78, 5) is 12.5. The molecule has 0 heterocycles. The Balaban J connectivity index is 1.45. The van der Waals surface area contributed by atoms with Gasteiger partial charge in [0.15, 0.2) is 6.61 Å². The molecule has 0 aliphatic heterocycles. The first-order valence-electron chi connectivity index (χ1n) is 11.4. The zero-order valence-electron chi connectivity index (χ0n) is 19.2. The fraction of sp³-hybridized carbons (Fsp3) is 0.480. The lowest BCUT2D eigenvalue weighted by Gasteiger charge is -2.15. The summed E-state index contributed by atoms with van der Waals surface area (Å²) in [6, 6.07) is 12.9. The Kier molecular flexibility index (Phi) is 8.32. The number of sulfonamides is 1. The van der Waals surface area contributed by atoms with Gasteiger partial charge in [0.25, 0.3) is 5.91 Å². The second-order valence-electron chi connectivity index (χ2n) is 8.83. The van der Waals surface area contributed by atoms with Crippen LogP contribution in [0.2, 0.25) is 0 Å². The zero-order chi connectivity index (χ0) is 23.1. The maximum absolute atomic E-state index is 12.5. The molecule has 2 aromatic carbocycles. The van der Waals surface area contributed by atoms with Gasteiger partial charge < -0.3 is 10.1 Å². The van der Waals surface area contributed by atoms with E-state index in [0.717, 1.165) is 48.1 Å². The molecule has 0 unspecified atom stereocenters. The van der Waals surface area contributed by atoms with E-state index in [4.69, 9.17) is 4.74 Å². The average Bonchev–Trinajstić information content (AvgIpc) is 3.25. The van der Waals surface area contributed by atoms with Crippen molar-refractivity contribution in [2.45, 2.75) is 69.7 Å². The van der Waals surface area contributed by atoms with Crippen LogP contribution in [0, 0.1) is 6.92 Å². The Labute approximate surface area is 191 Å². The molecule has 0 saturated heterocycles. The lowest BCUT2D eigenvalue weighted by atomic mass is 10.0. The molecule has 7 heteroatoms. The second-order valence-corrected chi connectivity index (χ2v) is 10.5. The maximum atomic E-state index is 12.5. The van der Waals surface area contributed by atoms with Crippen molar-refractivity contribution in [3.8, 4) is 5.75 Å². The van der Waals surface area contributed by atoms with Gasteiger partial charge in [-0.3, -0.25) is 4.79 Å². The minimum Gasteiger partial charge on any atom is -0.483 e. The number of amides is 1. The van der Waals surface area contributed by atoms with E-state index in [1.807, 2.05) is 25.1 Å². The molecule has 0 radical (unpaired) electrons. The van der Waals surface area contributed by atoms with E-state index in [-0.39, 0.29) is 23.5 Å². The molecular weight excluding hydrogens is 424 g/mol. The third-order valence-electron chi connectivity index (χ3n) is 5.80. The number of carbonyl (C=O) groups excluding carboxylic acids is 1. The fourth-order valence-electron chi connectivity index (χ4n) is 3.95. The predicted molar refractivity (Wildman–Crippen MR) is 126 cm³/mol. The number of hydrogen-bond donors (Lipinski definition) is 2. The van der Waals surface area contributed by atoms with Gasteiger partial charge in [0.2, 0.25) is 10.0 Å². The van der Waals surface area contributed by atoms with E-state index in [9.17, 15) is 13.2 Å². The Bertz CT molecular complexity index is 1010. The van der Waals surface area contributed by atoms with E-state index in [2.05, 4.69) is 23.9 Å². The lowest BCUT2D eigenvalue weighted by molar-refractivity contribution is -0.123. The van der Waals surface area contributed by atoms with Crippen LogP contribution in [0.1, 0.15) is 62.1 Å². The van der Waals surface area contributed by atoms with E-state index in [1.54, 1.807) is 24.3 Å². The summed E-state index contributed by atoms with van der Waals surface area (Å²) >= 11 is 0. The largest absolute Gasteiger partial charge is 0.483 e. The van der Waals surface area contributed by atoms with Crippen molar-refractivity contribution in [2.24, 2.45) is 0 Å². The molecular formula is C25H34N2O4S. The normalized spacial score (nSPS) is 14.6. The van der Waals surface area contributed by atoms with E-state index >= 15 is 0 Å². The molecule has 2 N–H and O–H groups in total. The smallest absolute Gasteiger partial charge is 0.257 e. The number of benzene rings is 2. The van der Waals surface area contributed by atoms with Gasteiger partial charge in [-0.2, -0.15) is 0 Å². The van der Waals surface area contributed by atoms with Crippen molar-refractivity contribution in [1.82, 2.24) is 10.0 Å². The summed E-state index contributed by atoms with van der Waals surface area (Å²) < 4.78 is 33.6. The van der Waals surface area contributed by atoms with Crippen molar-refractivity contribution in [2.75, 3.05) is 13.2 Å². The van der Waals surface area contributed by atoms with Gasteiger partial charge in [-0.25, -0.2) is 13.1 Å². The standard InChI is InChI=1S/C25H34N2O4S/c1-18(2)23-13-8-19(3)16-24(23)31-17-25(28)26-15-14-20-9-11-22(12-10-20)32(29,30)27-21-6-4-5-7-21/h8-13,16,18,21,27H,4-7,14-15,17H2,1-3H3,(H,26,28). The van der Waals surface area contributed by atoms with Crippen LogP contribution >= 0.6 is 0 Å². The van der Waals surface area contributed by atoms with Crippen molar-refractivity contribution in [1.29, 1.82) is 0 Å². The highest BCUT2D eigenvalue weighted by Gasteiger charge is 2.22. The first-order chi connectivity index (χ1) is 15.2. The molecule has 0 atom stereocenters. The Morgan fingerprint density at radius 2 is 1.78 bits per heavy atom. The van der Waals surface area contributed by atoms with Crippen LogP contribution in [0.4, 0.5) is 0 Å². The Morgan fingerprint density at radius 3 is 2.44 bits per heavy atom. The minimum atomic E-state index is -3.48. The van der Waals surface area contributed by atoms with Gasteiger partial charge in [0, 0.05) is 12.6 Å². The summed E-state index contributed by atoms with van der Waals surface area (Å²) in [5.74, 6) is 0.883. The summed E-state index contributed by atoms with van der Waals surface area (Å²) in [7, 11) is -3.48. The summed E-state index contributed by atoms with van der Waals surface area (Å²) in [6.07, 6.45) is 4.58. The highest BCUT2D eigenvalue weighted by Crippen LogP contribution is 2.27. The second kappa shape index (κ2) is 11.0. The van der Waals surface area contributed by atoms with Crippen molar-refractivity contribution in [3.05, 3.63) is 59.2 Å². The molecule has 1 aliphatic rings. The number of rotatable bonds is 10. The molecule has 1 fully saturated rings. The Hall–Kier alpha value is -2.38. The molecule has 174 valence electrons. The molecule has 0 spiro atoms. The van der Waals surface area contributed by atoms with Crippen LogP contribution in [0.25, 0.3) is 0 Å². The van der Waals surface area contributed by atoms with Gasteiger partial charge in [0.05, 0.1) is 4.90 Å². The zero-order valence-corrected chi connectivity index (χ0v) is 20.0. The van der Waals surface area contributed by atoms with Crippen molar-refractivity contribution in [3.63, 3.8) is 0 Å². The topological polar surface area (TPSA) is 84.5 Å². The molecule has 1 aliphatic carbocycles. The average molecular weight is 459 g/mol. The van der Waals surface area contributed by atoms with Crippen LogP contribution in [-0.2, 0) is 21.2 Å². The highest BCUT2D eigenvalue weighted by molar-refractivity contribution is 7.89. The van der Waals surface area contributed by atoms with Crippen molar-refractivity contribution < 1.29 is 17.9 Å². The van der Waals surface area contributed by atoms with E-state index in [1.165, 1.54) is 0 Å². The lowest BCUT2D eigenvalue weighted by Crippen LogP contribution is -2.32. The molecule has 0 bridgehead atoms. The summed E-state index contributed by atoms with van der Waals surface area (Å²) in [5, 5.41) is 2.86. The molecule has 2 aromatic rings. The van der Waals surface area contributed by atoms with Crippen LogP contribution in [0.15, 0.2) is 47.4 Å². The number of hydrogen-bond acceptors (Lipinski definition) is 4. The molecule has 6 nitrogen and oxygen atoms in total. The van der Waals surface area contributed by atoms with Crippen LogP contribution in [0.5, 0.6) is 5.75 Å².